The minimum atomic E-state index is -0.129. The van der Waals surface area contributed by atoms with Gasteiger partial charge in [-0.25, -0.2) is 0 Å². The van der Waals surface area contributed by atoms with Gasteiger partial charge in [0.2, 0.25) is 0 Å². The average molecular weight is 515 g/mol. The van der Waals surface area contributed by atoms with Crippen molar-refractivity contribution in [2.45, 2.75) is 81.1 Å². The summed E-state index contributed by atoms with van der Waals surface area (Å²) in [5.74, 6) is 0. The van der Waals surface area contributed by atoms with Gasteiger partial charge in [0.15, 0.2) is 0 Å². The van der Waals surface area contributed by atoms with Gasteiger partial charge in [-0.3, -0.25) is 0 Å². The number of allylic oxidation sites excluding steroid dienone is 7. The van der Waals surface area contributed by atoms with Crippen molar-refractivity contribution >= 4 is 11.6 Å². The molecule has 0 saturated heterocycles. The fraction of sp³-hybridized carbons (Fsp3) is 0.385. The minimum Gasteiger partial charge on any atom is -0.0985 e. The fourth-order valence-electron chi connectivity index (χ4n) is 9.08. The Kier molecular flexibility index (Phi) is 6.30. The molecule has 0 heterocycles. The van der Waals surface area contributed by atoms with Crippen LogP contribution in [-0.2, 0) is 12.8 Å². The average Bonchev–Trinajstić information content (AvgIpc) is 2.85. The molecule has 3 atom stereocenters. The summed E-state index contributed by atoms with van der Waals surface area (Å²) in [5.41, 5.74) is 18.5. The first kappa shape index (κ1) is 27.4. The summed E-state index contributed by atoms with van der Waals surface area (Å²) in [6.45, 7) is 36.8. The van der Waals surface area contributed by atoms with Crippen LogP contribution in [0.1, 0.15) is 89.1 Å². The molecule has 2 aromatic rings. The highest BCUT2D eigenvalue weighted by molar-refractivity contribution is 5.90. The largest absolute Gasteiger partial charge is 0.0985 e. The highest BCUT2D eigenvalue weighted by atomic mass is 14.6. The summed E-state index contributed by atoms with van der Waals surface area (Å²) in [6.07, 6.45) is 6.23. The molecule has 0 spiro atoms. The quantitative estimate of drug-likeness (QED) is 0.380. The standard InChI is InChI=1S/C39H46/c1-13-29-16-17-31(19-30(29)14-2)32-18-15-24(5)35-26(7)36-28(9)39(12)27(8)34(23(3)4)25(6)20-38(39,11)22-37(36,10)21-33(32)35/h14-19H,2-3,7-8,13,20-22H2,1,4-6,9-12H3/t37-,38+,39-/m1/s1. The van der Waals surface area contributed by atoms with E-state index >= 15 is 0 Å². The zero-order valence-corrected chi connectivity index (χ0v) is 25.6. The lowest BCUT2D eigenvalue weighted by Gasteiger charge is -2.62. The Morgan fingerprint density at radius 3 is 2.31 bits per heavy atom. The fourth-order valence-corrected chi connectivity index (χ4v) is 9.08. The van der Waals surface area contributed by atoms with Gasteiger partial charge in [-0.2, -0.15) is 0 Å². The lowest BCUT2D eigenvalue weighted by atomic mass is 9.41. The normalized spacial score (nSPS) is 28.2. The molecule has 0 N–H and O–H groups in total. The third-order valence-corrected chi connectivity index (χ3v) is 10.9. The Bertz CT molecular complexity index is 1550. The van der Waals surface area contributed by atoms with Crippen molar-refractivity contribution in [2.24, 2.45) is 16.2 Å². The van der Waals surface area contributed by atoms with Gasteiger partial charge in [-0.15, -0.1) is 0 Å². The van der Waals surface area contributed by atoms with Crippen LogP contribution >= 0.6 is 0 Å². The van der Waals surface area contributed by atoms with E-state index in [4.69, 9.17) is 13.2 Å². The molecular weight excluding hydrogens is 468 g/mol. The number of hydrogen-bond donors (Lipinski definition) is 0. The van der Waals surface area contributed by atoms with Crippen molar-refractivity contribution in [1.29, 1.82) is 0 Å². The number of hydrogen-bond acceptors (Lipinski definition) is 0. The number of aryl methyl sites for hydroxylation is 2. The molecule has 202 valence electrons. The molecule has 0 fully saturated rings. The number of benzene rings is 2. The molecule has 0 radical (unpaired) electrons. The number of fused-ring (bicyclic) bond motifs is 3. The second-order valence-corrected chi connectivity index (χ2v) is 13.4. The Morgan fingerprint density at radius 1 is 1.00 bits per heavy atom. The number of rotatable bonds is 4. The van der Waals surface area contributed by atoms with Crippen molar-refractivity contribution in [2.75, 3.05) is 0 Å². The third-order valence-electron chi connectivity index (χ3n) is 10.9. The molecule has 0 nitrogen and oxygen atoms in total. The predicted octanol–water partition coefficient (Wildman–Crippen LogP) is 11.0. The minimum absolute atomic E-state index is 0.0108. The predicted molar refractivity (Wildman–Crippen MR) is 172 cm³/mol. The molecule has 3 aliphatic rings. The second kappa shape index (κ2) is 8.95. The lowest BCUT2D eigenvalue weighted by molar-refractivity contribution is 0.0544. The monoisotopic (exact) mass is 514 g/mol. The Morgan fingerprint density at radius 2 is 1.69 bits per heavy atom. The van der Waals surface area contributed by atoms with Crippen molar-refractivity contribution in [3.63, 3.8) is 0 Å². The van der Waals surface area contributed by atoms with E-state index in [-0.39, 0.29) is 16.2 Å². The van der Waals surface area contributed by atoms with E-state index in [1.165, 1.54) is 72.4 Å². The van der Waals surface area contributed by atoms with Gasteiger partial charge in [0.1, 0.15) is 0 Å². The summed E-state index contributed by atoms with van der Waals surface area (Å²) in [5, 5.41) is 0. The van der Waals surface area contributed by atoms with E-state index in [0.29, 0.717) is 0 Å². The molecule has 0 heteroatoms. The van der Waals surface area contributed by atoms with Gasteiger partial charge in [-0.05, 0) is 132 Å². The SMILES string of the molecule is C=Cc1cc(-c2ccc(C)c3c2C[C@]2(C)C[C@]4(C)CC(C)=C(C(=C)C)C(=C)[C@]4(C)C(C)=C2C3=C)ccc1CC. The van der Waals surface area contributed by atoms with E-state index in [1.807, 2.05) is 6.08 Å². The van der Waals surface area contributed by atoms with E-state index in [2.05, 4.69) is 98.9 Å². The van der Waals surface area contributed by atoms with Gasteiger partial charge in [-0.1, -0.05) is 101 Å². The maximum absolute atomic E-state index is 4.84. The second-order valence-electron chi connectivity index (χ2n) is 13.4. The van der Waals surface area contributed by atoms with Crippen LogP contribution in [0.3, 0.4) is 0 Å². The lowest BCUT2D eigenvalue weighted by Crippen LogP contribution is -2.52. The highest BCUT2D eigenvalue weighted by Gasteiger charge is 2.59. The third kappa shape index (κ3) is 3.63. The van der Waals surface area contributed by atoms with Crippen LogP contribution in [0.15, 0.2) is 90.1 Å². The van der Waals surface area contributed by atoms with Crippen LogP contribution in [0.5, 0.6) is 0 Å². The zero-order chi connectivity index (χ0) is 28.7. The summed E-state index contributed by atoms with van der Waals surface area (Å²) >= 11 is 0. The topological polar surface area (TPSA) is 0 Å². The first-order chi connectivity index (χ1) is 18.2. The van der Waals surface area contributed by atoms with Gasteiger partial charge in [0.25, 0.3) is 0 Å². The molecule has 0 bridgehead atoms. The van der Waals surface area contributed by atoms with Crippen molar-refractivity contribution in [3.8, 4) is 11.1 Å². The maximum Gasteiger partial charge on any atom is 0.0194 e. The van der Waals surface area contributed by atoms with Gasteiger partial charge < -0.3 is 0 Å². The van der Waals surface area contributed by atoms with Gasteiger partial charge in [0.05, 0.1) is 0 Å². The molecule has 3 aliphatic carbocycles. The summed E-state index contributed by atoms with van der Waals surface area (Å²) in [4.78, 5) is 0. The van der Waals surface area contributed by atoms with Crippen molar-refractivity contribution in [3.05, 3.63) is 118 Å². The molecular formula is C39H46. The zero-order valence-electron chi connectivity index (χ0n) is 25.6. The molecule has 0 unspecified atom stereocenters. The molecule has 0 aromatic heterocycles. The van der Waals surface area contributed by atoms with Crippen molar-refractivity contribution in [1.82, 2.24) is 0 Å². The Labute approximate surface area is 237 Å². The smallest absolute Gasteiger partial charge is 0.0194 e. The summed E-state index contributed by atoms with van der Waals surface area (Å²) < 4.78 is 0. The van der Waals surface area contributed by atoms with E-state index < -0.39 is 0 Å². The van der Waals surface area contributed by atoms with E-state index in [9.17, 15) is 0 Å². The maximum atomic E-state index is 4.84. The van der Waals surface area contributed by atoms with E-state index in [0.717, 1.165) is 31.3 Å². The van der Waals surface area contributed by atoms with Crippen molar-refractivity contribution < 1.29 is 0 Å². The molecule has 0 aliphatic heterocycles. The van der Waals surface area contributed by atoms with Gasteiger partial charge >= 0.3 is 0 Å². The molecule has 0 amide bonds. The first-order valence-electron chi connectivity index (χ1n) is 14.6. The molecule has 5 rings (SSSR count). The molecule has 2 aromatic carbocycles. The Balaban J connectivity index is 1.75. The molecule has 0 saturated carbocycles. The van der Waals surface area contributed by atoms with Crippen LogP contribution in [0, 0.1) is 23.2 Å². The van der Waals surface area contributed by atoms with E-state index in [1.54, 1.807) is 0 Å². The molecule has 39 heavy (non-hydrogen) atoms. The summed E-state index contributed by atoms with van der Waals surface area (Å²) in [7, 11) is 0. The van der Waals surface area contributed by atoms with Gasteiger partial charge in [0, 0.05) is 5.41 Å². The highest BCUT2D eigenvalue weighted by Crippen LogP contribution is 2.70. The van der Waals surface area contributed by atoms with Crippen LogP contribution in [0.2, 0.25) is 0 Å². The first-order valence-corrected chi connectivity index (χ1v) is 14.6. The summed E-state index contributed by atoms with van der Waals surface area (Å²) in [6, 6.07) is 11.5. The van der Waals surface area contributed by atoms with Crippen LogP contribution < -0.4 is 0 Å². The van der Waals surface area contributed by atoms with Crippen LogP contribution in [0.25, 0.3) is 22.8 Å². The Hall–Kier alpha value is -3.12. The van der Waals surface area contributed by atoms with Crippen LogP contribution in [0.4, 0.5) is 0 Å². The van der Waals surface area contributed by atoms with Crippen LogP contribution in [-0.4, -0.2) is 0 Å².